The van der Waals surface area contributed by atoms with Gasteiger partial charge in [-0.05, 0) is 0 Å². The van der Waals surface area contributed by atoms with Gasteiger partial charge in [-0.2, -0.15) is 0 Å². The summed E-state index contributed by atoms with van der Waals surface area (Å²) in [7, 11) is 0. The molecule has 1 aromatic rings. The zero-order valence-electron chi connectivity index (χ0n) is 16.1. The van der Waals surface area contributed by atoms with Gasteiger partial charge in [-0.1, -0.05) is 0 Å². The molecule has 0 fully saturated rings. The van der Waals surface area contributed by atoms with E-state index in [1.807, 2.05) is 0 Å². The van der Waals surface area contributed by atoms with E-state index < -0.39 is 21.4 Å². The van der Waals surface area contributed by atoms with E-state index in [-0.39, 0.29) is 0 Å². The van der Waals surface area contributed by atoms with Crippen LogP contribution in [0.4, 0.5) is 0 Å². The molecule has 0 saturated heterocycles. The van der Waals surface area contributed by atoms with Crippen molar-refractivity contribution >= 4 is 6.08 Å². The summed E-state index contributed by atoms with van der Waals surface area (Å²) in [6.45, 7) is 12.1. The molecule has 1 heteroatoms. The maximum absolute atomic E-state index is 2.64. The molecule has 0 aliphatic heterocycles. The standard InChI is InChI=1S/C20H27.2CH3.Hf/c1-6-20(7-2)12-15-10-14-8-9-18(19(3,4)5)17(14)11-16(15)13-20;;;/h8-11H,6-7,12-13H2,1-5H3;2*1H3;. The first-order valence-electron chi connectivity index (χ1n) is 9.35. The molecule has 0 heterocycles. The molecule has 0 nitrogen and oxygen atoms in total. The summed E-state index contributed by atoms with van der Waals surface area (Å²) >= 11 is -1.68. The Balaban J connectivity index is 2.13. The second-order valence-electron chi connectivity index (χ2n) is 9.16. The molecule has 1 unspecified atom stereocenters. The Morgan fingerprint density at radius 3 is 2.04 bits per heavy atom. The first kappa shape index (κ1) is 17.6. The van der Waals surface area contributed by atoms with Crippen molar-refractivity contribution in [3.8, 4) is 0 Å². The molecule has 1 aromatic carbocycles. The van der Waals surface area contributed by atoms with Crippen LogP contribution in [0.1, 0.15) is 69.7 Å². The Bertz CT molecular complexity index is 641. The van der Waals surface area contributed by atoms with Crippen LogP contribution in [-0.2, 0) is 37.5 Å². The fourth-order valence-corrected chi connectivity index (χ4v) is 14.9. The third-order valence-corrected chi connectivity index (χ3v) is 16.8. The molecule has 3 rings (SSSR count). The molecule has 0 bridgehead atoms. The number of fused-ring (bicyclic) bond motifs is 2. The first-order chi connectivity index (χ1) is 10.7. The second kappa shape index (κ2) is 5.68. The van der Waals surface area contributed by atoms with Crippen LogP contribution in [0.15, 0.2) is 18.2 Å². The Hall–Kier alpha value is -0.170. The molecule has 0 spiro atoms. The van der Waals surface area contributed by atoms with Crippen LogP contribution in [0.5, 0.6) is 0 Å². The van der Waals surface area contributed by atoms with Crippen LogP contribution in [0.25, 0.3) is 6.08 Å². The number of benzene rings is 1. The summed E-state index contributed by atoms with van der Waals surface area (Å²) in [6.07, 6.45) is 10.3. The monoisotopic (exact) mass is 477 g/mol. The second-order valence-corrected chi connectivity index (χ2v) is 19.2. The van der Waals surface area contributed by atoms with Crippen LogP contribution in [0.3, 0.4) is 0 Å². The summed E-state index contributed by atoms with van der Waals surface area (Å²) in [5.74, 6) is 0. The van der Waals surface area contributed by atoms with E-state index in [9.17, 15) is 0 Å². The molecule has 2 aliphatic carbocycles. The fraction of sp³-hybridized carbons (Fsp3) is 0.636. The van der Waals surface area contributed by atoms with Gasteiger partial charge in [-0.15, -0.1) is 0 Å². The molecule has 0 saturated carbocycles. The van der Waals surface area contributed by atoms with Gasteiger partial charge >= 0.3 is 152 Å². The van der Waals surface area contributed by atoms with Gasteiger partial charge in [0.15, 0.2) is 0 Å². The molecule has 0 radical (unpaired) electrons. The van der Waals surface area contributed by atoms with E-state index in [1.165, 1.54) is 31.2 Å². The Labute approximate surface area is 151 Å². The molecular formula is C22H33Hf. The third-order valence-electron chi connectivity index (χ3n) is 6.91. The number of rotatable bonds is 3. The normalized spacial score (nSPS) is 24.7. The van der Waals surface area contributed by atoms with Gasteiger partial charge in [-0.25, -0.2) is 0 Å². The number of hydrogen-bond donors (Lipinski definition) is 0. The van der Waals surface area contributed by atoms with E-state index in [0.29, 0.717) is 14.0 Å². The summed E-state index contributed by atoms with van der Waals surface area (Å²) in [5, 5.41) is 0. The van der Waals surface area contributed by atoms with E-state index >= 15 is 0 Å². The van der Waals surface area contributed by atoms with E-state index in [0.717, 1.165) is 0 Å². The molecule has 0 N–H and O–H groups in total. The molecule has 2 aliphatic rings. The molecular weight excluding hydrogens is 443 g/mol. The van der Waals surface area contributed by atoms with Crippen LogP contribution in [0.2, 0.25) is 9.36 Å². The topological polar surface area (TPSA) is 0 Å². The summed E-state index contributed by atoms with van der Waals surface area (Å²) in [6, 6.07) is 5.19. The van der Waals surface area contributed by atoms with Crippen LogP contribution < -0.4 is 0 Å². The third kappa shape index (κ3) is 2.48. The zero-order valence-corrected chi connectivity index (χ0v) is 19.7. The van der Waals surface area contributed by atoms with Gasteiger partial charge < -0.3 is 0 Å². The Kier molecular flexibility index (Phi) is 4.36. The van der Waals surface area contributed by atoms with E-state index in [1.54, 1.807) is 16.7 Å². The Morgan fingerprint density at radius 1 is 1.00 bits per heavy atom. The van der Waals surface area contributed by atoms with Crippen LogP contribution in [-0.4, -0.2) is 0 Å². The quantitative estimate of drug-likeness (QED) is 0.433. The van der Waals surface area contributed by atoms with Gasteiger partial charge in [-0.3, -0.25) is 0 Å². The van der Waals surface area contributed by atoms with Crippen molar-refractivity contribution in [2.24, 2.45) is 10.8 Å². The van der Waals surface area contributed by atoms with E-state index in [4.69, 9.17) is 0 Å². The summed E-state index contributed by atoms with van der Waals surface area (Å²) in [4.78, 5) is 0. The molecule has 0 amide bonds. The van der Waals surface area contributed by atoms with Crippen molar-refractivity contribution in [2.75, 3.05) is 0 Å². The van der Waals surface area contributed by atoms with Crippen LogP contribution in [0, 0.1) is 10.8 Å². The van der Waals surface area contributed by atoms with Crippen molar-refractivity contribution in [3.63, 3.8) is 0 Å². The molecule has 1 atom stereocenters. The predicted molar refractivity (Wildman–Crippen MR) is 98.8 cm³/mol. The average molecular weight is 476 g/mol. The molecule has 23 heavy (non-hydrogen) atoms. The van der Waals surface area contributed by atoms with Crippen molar-refractivity contribution < 1.29 is 21.4 Å². The van der Waals surface area contributed by atoms with Gasteiger partial charge in [0.25, 0.3) is 0 Å². The van der Waals surface area contributed by atoms with E-state index in [2.05, 4.69) is 68.3 Å². The first-order valence-corrected chi connectivity index (χ1v) is 18.3. The minimum atomic E-state index is -1.68. The average Bonchev–Trinajstić information content (AvgIpc) is 3.02. The molecule has 125 valence electrons. The van der Waals surface area contributed by atoms with Gasteiger partial charge in [0.2, 0.25) is 0 Å². The molecule has 0 aromatic heterocycles. The van der Waals surface area contributed by atoms with Crippen molar-refractivity contribution in [1.82, 2.24) is 0 Å². The summed E-state index contributed by atoms with van der Waals surface area (Å²) < 4.78 is 5.58. The number of allylic oxidation sites excluding steroid dienone is 1. The zero-order chi connectivity index (χ0) is 17.0. The van der Waals surface area contributed by atoms with Crippen molar-refractivity contribution in [3.05, 3.63) is 40.5 Å². The van der Waals surface area contributed by atoms with Gasteiger partial charge in [0, 0.05) is 0 Å². The fourth-order valence-electron chi connectivity index (χ4n) is 5.28. The number of hydrogen-bond acceptors (Lipinski definition) is 0. The predicted octanol–water partition coefficient (Wildman–Crippen LogP) is 6.57. The maximum atomic E-state index is 2.64. The minimum absolute atomic E-state index is 0.333. The Morgan fingerprint density at radius 2 is 1.57 bits per heavy atom. The SMILES string of the molecule is CCC1(CC)Cc2cc3c(cc2C1)[C]([Hf]([CH3])[CH3])(C(C)(C)C)C=C3. The van der Waals surface area contributed by atoms with Crippen molar-refractivity contribution in [1.29, 1.82) is 0 Å². The van der Waals surface area contributed by atoms with Crippen molar-refractivity contribution in [2.45, 2.75) is 72.8 Å². The summed E-state index contributed by atoms with van der Waals surface area (Å²) in [5.41, 5.74) is 7.39. The van der Waals surface area contributed by atoms with Crippen LogP contribution >= 0.6 is 0 Å². The van der Waals surface area contributed by atoms with Gasteiger partial charge in [0.1, 0.15) is 0 Å². The van der Waals surface area contributed by atoms with Gasteiger partial charge in [0.05, 0.1) is 0 Å².